The number of aliphatic imine (C=N–C) groups is 2. The van der Waals surface area contributed by atoms with Gasteiger partial charge in [-0.25, -0.2) is 4.99 Å². The molecule has 240 valence electrons. The van der Waals surface area contributed by atoms with Crippen LogP contribution in [-0.4, -0.2) is 23.2 Å². The number of nitrogens with one attached hydrogen (secondary N) is 1. The van der Waals surface area contributed by atoms with Gasteiger partial charge in [0.05, 0.1) is 11.6 Å². The van der Waals surface area contributed by atoms with Crippen molar-refractivity contribution in [1.29, 1.82) is 0 Å². The number of amidine groups is 2. The van der Waals surface area contributed by atoms with E-state index in [1.54, 1.807) is 0 Å². The van der Waals surface area contributed by atoms with Crippen molar-refractivity contribution in [3.63, 3.8) is 0 Å². The molecular formula is C47H32N4. The Morgan fingerprint density at radius 2 is 1.02 bits per heavy atom. The van der Waals surface area contributed by atoms with Crippen molar-refractivity contribution in [2.24, 2.45) is 9.98 Å². The molecule has 1 N–H and O–H groups in total. The Bertz CT molecular complexity index is 2870. The average Bonchev–Trinajstić information content (AvgIpc) is 3.43. The number of para-hydroxylation sites is 1. The van der Waals surface area contributed by atoms with E-state index in [0.717, 1.165) is 61.2 Å². The van der Waals surface area contributed by atoms with Crippen LogP contribution in [0.3, 0.4) is 0 Å². The number of benzene rings is 8. The molecule has 0 saturated carbocycles. The normalized spacial score (nSPS) is 14.8. The maximum absolute atomic E-state index is 5.49. The second-order valence-corrected chi connectivity index (χ2v) is 13.2. The first-order chi connectivity index (χ1) is 25.3. The Morgan fingerprint density at radius 1 is 0.471 bits per heavy atom. The van der Waals surface area contributed by atoms with Gasteiger partial charge in [-0.15, -0.1) is 0 Å². The van der Waals surface area contributed by atoms with Crippen molar-refractivity contribution in [3.05, 3.63) is 187 Å². The van der Waals surface area contributed by atoms with Gasteiger partial charge in [0.1, 0.15) is 5.84 Å². The maximum atomic E-state index is 5.49. The van der Waals surface area contributed by atoms with Gasteiger partial charge in [-0.2, -0.15) is 0 Å². The van der Waals surface area contributed by atoms with E-state index < -0.39 is 0 Å². The van der Waals surface area contributed by atoms with E-state index in [0.29, 0.717) is 6.54 Å². The molecular weight excluding hydrogens is 621 g/mol. The zero-order valence-electron chi connectivity index (χ0n) is 27.8. The molecule has 2 heterocycles. The van der Waals surface area contributed by atoms with Crippen LogP contribution in [0.5, 0.6) is 0 Å². The molecule has 9 aromatic rings. The van der Waals surface area contributed by atoms with Crippen LogP contribution < -0.4 is 5.32 Å². The lowest BCUT2D eigenvalue weighted by Gasteiger charge is -2.16. The molecule has 1 aliphatic rings. The summed E-state index contributed by atoms with van der Waals surface area (Å²) in [6.07, 6.45) is 1.96. The van der Waals surface area contributed by atoms with Crippen LogP contribution in [0.1, 0.15) is 22.7 Å². The minimum atomic E-state index is -0.165. The monoisotopic (exact) mass is 652 g/mol. The van der Waals surface area contributed by atoms with Crippen molar-refractivity contribution in [2.75, 3.05) is 6.54 Å². The summed E-state index contributed by atoms with van der Waals surface area (Å²) in [5, 5.41) is 14.4. The Morgan fingerprint density at radius 3 is 1.71 bits per heavy atom. The van der Waals surface area contributed by atoms with Gasteiger partial charge in [0.2, 0.25) is 0 Å². The number of hydrogen-bond acceptors (Lipinski definition) is 4. The minimum absolute atomic E-state index is 0.165. The fraction of sp³-hybridized carbons (Fsp3) is 0.0426. The first-order valence-corrected chi connectivity index (χ1v) is 17.4. The predicted octanol–water partition coefficient (Wildman–Crippen LogP) is 11.1. The van der Waals surface area contributed by atoms with Gasteiger partial charge in [-0.1, -0.05) is 140 Å². The summed E-state index contributed by atoms with van der Waals surface area (Å²) in [6.45, 7) is 0.603. The van der Waals surface area contributed by atoms with Crippen LogP contribution in [-0.2, 0) is 0 Å². The average molecular weight is 653 g/mol. The van der Waals surface area contributed by atoms with Crippen LogP contribution >= 0.6 is 0 Å². The number of hydrogen-bond donors (Lipinski definition) is 1. The second kappa shape index (κ2) is 12.0. The summed E-state index contributed by atoms with van der Waals surface area (Å²) < 4.78 is 0. The Hall–Kier alpha value is -6.65. The largest absolute Gasteiger partial charge is 0.367 e. The van der Waals surface area contributed by atoms with E-state index in [4.69, 9.17) is 15.0 Å². The Balaban J connectivity index is 1.14. The third-order valence-electron chi connectivity index (χ3n) is 10.2. The van der Waals surface area contributed by atoms with E-state index in [2.05, 4.69) is 157 Å². The molecule has 1 aliphatic heterocycles. The number of nitrogens with zero attached hydrogens (tertiary/aromatic N) is 3. The fourth-order valence-electron chi connectivity index (χ4n) is 7.65. The number of fused-ring (bicyclic) bond motifs is 7. The molecule has 0 bridgehead atoms. The van der Waals surface area contributed by atoms with Crippen LogP contribution in [0.25, 0.3) is 65.1 Å². The highest BCUT2D eigenvalue weighted by Crippen LogP contribution is 2.34. The molecule has 0 aliphatic carbocycles. The highest BCUT2D eigenvalue weighted by atomic mass is 15.1. The van der Waals surface area contributed by atoms with Gasteiger partial charge >= 0.3 is 0 Å². The SMILES string of the molecule is c1ccc2ncc(-c3ccc(C4CNC(c5cc6ccccc6c6ccccc56)=NC(c5cc6ccccc6c6ccccc56)=N4)cc3)cc2c1. The van der Waals surface area contributed by atoms with Crippen molar-refractivity contribution < 1.29 is 0 Å². The molecule has 0 fully saturated rings. The minimum Gasteiger partial charge on any atom is -0.367 e. The molecule has 10 rings (SSSR count). The quantitative estimate of drug-likeness (QED) is 0.192. The molecule has 51 heavy (non-hydrogen) atoms. The van der Waals surface area contributed by atoms with Crippen LogP contribution in [0.15, 0.2) is 180 Å². The summed E-state index contributed by atoms with van der Waals surface area (Å²) in [4.78, 5) is 15.6. The number of aromatic nitrogens is 1. The topological polar surface area (TPSA) is 49.6 Å². The molecule has 0 spiro atoms. The molecule has 0 saturated heterocycles. The summed E-state index contributed by atoms with van der Waals surface area (Å²) >= 11 is 0. The molecule has 8 aromatic carbocycles. The first kappa shape index (κ1) is 29.3. The van der Waals surface area contributed by atoms with Gasteiger partial charge in [0.15, 0.2) is 5.84 Å². The van der Waals surface area contributed by atoms with Gasteiger partial charge in [0.25, 0.3) is 0 Å². The Kier molecular flexibility index (Phi) is 6.91. The lowest BCUT2D eigenvalue weighted by atomic mass is 9.96. The van der Waals surface area contributed by atoms with Crippen LogP contribution in [0.2, 0.25) is 0 Å². The molecule has 1 atom stereocenters. The van der Waals surface area contributed by atoms with Crippen LogP contribution in [0.4, 0.5) is 0 Å². The van der Waals surface area contributed by atoms with E-state index in [-0.39, 0.29) is 6.04 Å². The third-order valence-corrected chi connectivity index (χ3v) is 10.2. The number of rotatable bonds is 4. The molecule has 1 aromatic heterocycles. The summed E-state index contributed by atoms with van der Waals surface area (Å²) in [6, 6.07) is 58.0. The first-order valence-electron chi connectivity index (χ1n) is 17.4. The molecule has 0 amide bonds. The van der Waals surface area contributed by atoms with Gasteiger partial charge in [0, 0.05) is 34.8 Å². The summed E-state index contributed by atoms with van der Waals surface area (Å²) in [7, 11) is 0. The van der Waals surface area contributed by atoms with Crippen LogP contribution in [0, 0.1) is 0 Å². The van der Waals surface area contributed by atoms with E-state index in [9.17, 15) is 0 Å². The highest BCUT2D eigenvalue weighted by molar-refractivity contribution is 6.24. The van der Waals surface area contributed by atoms with E-state index in [1.807, 2.05) is 18.3 Å². The maximum Gasteiger partial charge on any atom is 0.158 e. The van der Waals surface area contributed by atoms with Gasteiger partial charge in [-0.3, -0.25) is 9.98 Å². The standard InChI is InChI=1S/C47H32N4/c1-4-14-36-32(11-1)26-42(40-18-8-6-16-38(36)40)46-49-29-45(31-23-21-30(22-24-31)35-25-34-13-3-10-20-44(34)48-28-35)50-47(51-46)43-27-33-12-2-5-15-37(33)39-17-7-9-19-41(39)43/h1-28,45H,29H2,(H,49,50,51). The lowest BCUT2D eigenvalue weighted by Crippen LogP contribution is -2.27. The van der Waals surface area contributed by atoms with Crippen molar-refractivity contribution in [2.45, 2.75) is 6.04 Å². The summed E-state index contributed by atoms with van der Waals surface area (Å²) in [5.41, 5.74) is 6.45. The van der Waals surface area contributed by atoms with E-state index in [1.165, 1.54) is 32.3 Å². The fourth-order valence-corrected chi connectivity index (χ4v) is 7.65. The number of pyridine rings is 1. The predicted molar refractivity (Wildman–Crippen MR) is 214 cm³/mol. The molecule has 0 radical (unpaired) electrons. The molecule has 4 nitrogen and oxygen atoms in total. The molecule has 4 heteroatoms. The van der Waals surface area contributed by atoms with E-state index >= 15 is 0 Å². The second-order valence-electron chi connectivity index (χ2n) is 13.2. The van der Waals surface area contributed by atoms with Crippen molar-refractivity contribution in [3.8, 4) is 11.1 Å². The molecule has 1 unspecified atom stereocenters. The third kappa shape index (κ3) is 5.12. The zero-order chi connectivity index (χ0) is 33.7. The Labute approximate surface area is 295 Å². The summed E-state index contributed by atoms with van der Waals surface area (Å²) in [5.74, 6) is 1.55. The van der Waals surface area contributed by atoms with Gasteiger partial charge < -0.3 is 5.32 Å². The highest BCUT2D eigenvalue weighted by Gasteiger charge is 2.22. The smallest absolute Gasteiger partial charge is 0.158 e. The van der Waals surface area contributed by atoms with Gasteiger partial charge in [-0.05, 0) is 78.5 Å². The lowest BCUT2D eigenvalue weighted by molar-refractivity contribution is 0.700. The van der Waals surface area contributed by atoms with Crippen molar-refractivity contribution in [1.82, 2.24) is 10.3 Å². The van der Waals surface area contributed by atoms with Crippen molar-refractivity contribution >= 4 is 65.7 Å². The zero-order valence-corrected chi connectivity index (χ0v) is 27.8.